The first kappa shape index (κ1) is 20.9. The number of rotatable bonds is 6. The van der Waals surface area contributed by atoms with Gasteiger partial charge in [-0.2, -0.15) is 0 Å². The number of ether oxygens (including phenoxy) is 3. The van der Waals surface area contributed by atoms with E-state index >= 15 is 0 Å². The van der Waals surface area contributed by atoms with Gasteiger partial charge in [-0.05, 0) is 6.42 Å². The van der Waals surface area contributed by atoms with Crippen molar-refractivity contribution in [2.45, 2.75) is 81.0 Å². The molecule has 2 aliphatic rings. The third-order valence-electron chi connectivity index (χ3n) is 4.68. The first-order valence-electron chi connectivity index (χ1n) is 8.44. The van der Waals surface area contributed by atoms with Gasteiger partial charge in [0.25, 0.3) is 0 Å². The molecule has 10 atom stereocenters. The molecule has 10 heteroatoms. The summed E-state index contributed by atoms with van der Waals surface area (Å²) >= 11 is 0. The Morgan fingerprint density at radius 3 is 1.88 bits per heavy atom. The molecule has 0 bridgehead atoms. The summed E-state index contributed by atoms with van der Waals surface area (Å²) in [6.45, 7) is 0.748. The van der Waals surface area contributed by atoms with Crippen LogP contribution in [0.2, 0.25) is 0 Å². The Labute approximate surface area is 145 Å². The Kier molecular flexibility index (Phi) is 7.52. The minimum Gasteiger partial charge on any atom is -0.394 e. The van der Waals surface area contributed by atoms with Gasteiger partial charge in [-0.3, -0.25) is 0 Å². The summed E-state index contributed by atoms with van der Waals surface area (Å²) in [6.07, 6.45) is -11.9. The highest BCUT2D eigenvalue weighted by Crippen LogP contribution is 2.30. The van der Waals surface area contributed by atoms with Gasteiger partial charge >= 0.3 is 0 Å². The molecule has 2 saturated heterocycles. The van der Waals surface area contributed by atoms with Crippen LogP contribution in [0.1, 0.15) is 19.8 Å². The van der Waals surface area contributed by atoms with Gasteiger partial charge in [-0.25, -0.2) is 0 Å². The SMILES string of the molecule is CCCC1OC(CO)C(OC2OC(CO)[C@@H](O)C(O)[C@H]2O)C(O)[C@H]1O. The maximum atomic E-state index is 10.3. The van der Waals surface area contributed by atoms with Gasteiger partial charge in [0.2, 0.25) is 0 Å². The van der Waals surface area contributed by atoms with E-state index in [2.05, 4.69) is 0 Å². The van der Waals surface area contributed by atoms with E-state index in [1.807, 2.05) is 6.92 Å². The number of aliphatic hydroxyl groups excluding tert-OH is 7. The van der Waals surface area contributed by atoms with Crippen molar-refractivity contribution in [1.82, 2.24) is 0 Å². The monoisotopic (exact) mass is 368 g/mol. The third kappa shape index (κ3) is 4.30. The van der Waals surface area contributed by atoms with Gasteiger partial charge < -0.3 is 50.0 Å². The van der Waals surface area contributed by atoms with Crippen LogP contribution >= 0.6 is 0 Å². The quantitative estimate of drug-likeness (QED) is 0.249. The zero-order valence-electron chi connectivity index (χ0n) is 14.0. The summed E-state index contributed by atoms with van der Waals surface area (Å²) in [5, 5.41) is 68.8. The highest BCUT2D eigenvalue weighted by molar-refractivity contribution is 4.95. The van der Waals surface area contributed by atoms with Crippen molar-refractivity contribution in [2.24, 2.45) is 0 Å². The van der Waals surface area contributed by atoms with Crippen LogP contribution in [-0.4, -0.2) is 110 Å². The van der Waals surface area contributed by atoms with Gasteiger partial charge in [0.1, 0.15) is 48.8 Å². The molecule has 10 nitrogen and oxygen atoms in total. The fourth-order valence-corrected chi connectivity index (χ4v) is 3.19. The first-order valence-corrected chi connectivity index (χ1v) is 8.44. The molecule has 0 aromatic heterocycles. The summed E-state index contributed by atoms with van der Waals surface area (Å²) in [5.41, 5.74) is 0. The van der Waals surface area contributed by atoms with Gasteiger partial charge in [-0.1, -0.05) is 13.3 Å². The van der Waals surface area contributed by atoms with E-state index in [1.54, 1.807) is 0 Å². The van der Waals surface area contributed by atoms with Crippen LogP contribution in [0.4, 0.5) is 0 Å². The van der Waals surface area contributed by atoms with Crippen LogP contribution in [0.15, 0.2) is 0 Å². The van der Waals surface area contributed by atoms with Gasteiger partial charge in [0.05, 0.1) is 19.3 Å². The molecule has 7 N–H and O–H groups in total. The molecule has 2 fully saturated rings. The van der Waals surface area contributed by atoms with Crippen LogP contribution in [0, 0.1) is 0 Å². The summed E-state index contributed by atoms with van der Waals surface area (Å²) in [7, 11) is 0. The third-order valence-corrected chi connectivity index (χ3v) is 4.68. The van der Waals surface area contributed by atoms with Crippen molar-refractivity contribution in [1.29, 1.82) is 0 Å². The van der Waals surface area contributed by atoms with Crippen molar-refractivity contribution >= 4 is 0 Å². The molecule has 25 heavy (non-hydrogen) atoms. The number of aliphatic hydroxyl groups is 7. The predicted octanol–water partition coefficient (Wildman–Crippen LogP) is -3.55. The lowest BCUT2D eigenvalue weighted by Gasteiger charge is -2.46. The van der Waals surface area contributed by atoms with Crippen LogP contribution in [0.3, 0.4) is 0 Å². The molecule has 2 heterocycles. The average Bonchev–Trinajstić information content (AvgIpc) is 2.61. The lowest BCUT2D eigenvalue weighted by molar-refractivity contribution is -0.342. The van der Waals surface area contributed by atoms with Gasteiger partial charge in [0.15, 0.2) is 6.29 Å². The Hall–Kier alpha value is -0.400. The maximum Gasteiger partial charge on any atom is 0.187 e. The Morgan fingerprint density at radius 1 is 0.720 bits per heavy atom. The summed E-state index contributed by atoms with van der Waals surface area (Å²) in [4.78, 5) is 0. The topological polar surface area (TPSA) is 169 Å². The van der Waals surface area contributed by atoms with Crippen molar-refractivity contribution < 1.29 is 50.0 Å². The van der Waals surface area contributed by atoms with E-state index < -0.39 is 74.4 Å². The Balaban J connectivity index is 2.11. The predicted molar refractivity (Wildman–Crippen MR) is 81.3 cm³/mol. The van der Waals surface area contributed by atoms with Crippen LogP contribution in [-0.2, 0) is 14.2 Å². The lowest BCUT2D eigenvalue weighted by Crippen LogP contribution is -2.64. The number of hydrogen-bond acceptors (Lipinski definition) is 10. The number of hydrogen-bond donors (Lipinski definition) is 7. The van der Waals surface area contributed by atoms with Crippen LogP contribution < -0.4 is 0 Å². The van der Waals surface area contributed by atoms with Gasteiger partial charge in [0, 0.05) is 0 Å². The second kappa shape index (κ2) is 9.00. The van der Waals surface area contributed by atoms with E-state index in [4.69, 9.17) is 14.2 Å². The second-order valence-corrected chi connectivity index (χ2v) is 6.46. The molecule has 0 spiro atoms. The fourth-order valence-electron chi connectivity index (χ4n) is 3.19. The van der Waals surface area contributed by atoms with E-state index in [9.17, 15) is 35.7 Å². The molecular formula is C15H28O10. The minimum atomic E-state index is -1.66. The van der Waals surface area contributed by atoms with E-state index in [-0.39, 0.29) is 0 Å². The summed E-state index contributed by atoms with van der Waals surface area (Å²) < 4.78 is 16.2. The van der Waals surface area contributed by atoms with E-state index in [0.717, 1.165) is 0 Å². The molecule has 2 aliphatic heterocycles. The van der Waals surface area contributed by atoms with Crippen LogP contribution in [0.5, 0.6) is 0 Å². The Morgan fingerprint density at radius 2 is 1.32 bits per heavy atom. The highest BCUT2D eigenvalue weighted by atomic mass is 16.7. The molecule has 0 aliphatic carbocycles. The standard InChI is InChI=1S/C15H28O10/c1-2-3-6-9(18)12(21)14(8(5-17)23-6)25-15-13(22)11(20)10(19)7(4-16)24-15/h6-22H,2-5H2,1H3/t6?,7?,8?,9-,10+,11?,12?,13+,14?,15?/m0/s1. The van der Waals surface area contributed by atoms with Crippen molar-refractivity contribution in [3.05, 3.63) is 0 Å². The summed E-state index contributed by atoms with van der Waals surface area (Å²) in [6, 6.07) is 0. The highest BCUT2D eigenvalue weighted by Gasteiger charge is 2.50. The molecule has 0 amide bonds. The van der Waals surface area contributed by atoms with Crippen molar-refractivity contribution in [2.75, 3.05) is 13.2 Å². The minimum absolute atomic E-state index is 0.474. The molecule has 2 rings (SSSR count). The normalized spacial score (nSPS) is 48.5. The average molecular weight is 368 g/mol. The van der Waals surface area contributed by atoms with Crippen LogP contribution in [0.25, 0.3) is 0 Å². The molecule has 0 saturated carbocycles. The lowest BCUT2D eigenvalue weighted by atomic mass is 9.92. The smallest absolute Gasteiger partial charge is 0.187 e. The van der Waals surface area contributed by atoms with E-state index in [0.29, 0.717) is 12.8 Å². The zero-order valence-corrected chi connectivity index (χ0v) is 14.0. The van der Waals surface area contributed by atoms with Gasteiger partial charge in [-0.15, -0.1) is 0 Å². The molecular weight excluding hydrogens is 340 g/mol. The largest absolute Gasteiger partial charge is 0.394 e. The Bertz CT molecular complexity index is 406. The van der Waals surface area contributed by atoms with Crippen molar-refractivity contribution in [3.63, 3.8) is 0 Å². The van der Waals surface area contributed by atoms with E-state index in [1.165, 1.54) is 0 Å². The first-order chi connectivity index (χ1) is 11.8. The maximum absolute atomic E-state index is 10.3. The van der Waals surface area contributed by atoms with Crippen molar-refractivity contribution in [3.8, 4) is 0 Å². The molecule has 0 aromatic rings. The zero-order chi connectivity index (χ0) is 18.7. The molecule has 148 valence electrons. The molecule has 0 aromatic carbocycles. The second-order valence-electron chi connectivity index (χ2n) is 6.46. The molecule has 0 radical (unpaired) electrons. The molecule has 7 unspecified atom stereocenters. The summed E-state index contributed by atoms with van der Waals surface area (Å²) in [5.74, 6) is 0. The fraction of sp³-hybridized carbons (Fsp3) is 1.00.